The number of anilines is 1. The highest BCUT2D eigenvalue weighted by molar-refractivity contribution is 8.27. The summed E-state index contributed by atoms with van der Waals surface area (Å²) >= 11 is 12.6. The molecule has 2 amide bonds. The lowest BCUT2D eigenvalue weighted by Crippen LogP contribution is -2.32. The van der Waals surface area contributed by atoms with Gasteiger partial charge in [0.25, 0.3) is 11.8 Å². The Hall–Kier alpha value is -2.55. The fraction of sp³-hybridized carbons (Fsp3) is 0.261. The van der Waals surface area contributed by atoms with Crippen molar-refractivity contribution in [1.82, 2.24) is 4.90 Å². The third kappa shape index (κ3) is 4.92. The van der Waals surface area contributed by atoms with E-state index in [4.69, 9.17) is 33.3 Å². The first-order chi connectivity index (χ1) is 15.5. The number of ether oxygens (including phenoxy) is 2. The Morgan fingerprint density at radius 2 is 1.88 bits per heavy atom. The molecule has 0 saturated carbocycles. The average Bonchev–Trinajstić information content (AvgIpc) is 3.42. The zero-order valence-electron chi connectivity index (χ0n) is 17.4. The molecule has 0 radical (unpaired) electrons. The molecule has 0 atom stereocenters. The number of carbonyl (C=O) groups is 2. The van der Waals surface area contributed by atoms with E-state index in [9.17, 15) is 9.59 Å². The fourth-order valence-electron chi connectivity index (χ4n) is 3.52. The third-order valence-electron chi connectivity index (χ3n) is 5.17. The quantitative estimate of drug-likeness (QED) is 0.432. The minimum atomic E-state index is -0.196. The maximum Gasteiger partial charge on any atom is 0.270 e. The van der Waals surface area contributed by atoms with Crippen LogP contribution in [0.4, 0.5) is 5.69 Å². The van der Waals surface area contributed by atoms with Crippen LogP contribution >= 0.6 is 35.6 Å². The molecule has 2 aliphatic heterocycles. The largest absolute Gasteiger partial charge is 0.493 e. The number of amides is 2. The minimum absolute atomic E-state index is 0.0282. The number of nitrogens with zero attached hydrogens (tertiary/aromatic N) is 2. The van der Waals surface area contributed by atoms with E-state index >= 15 is 0 Å². The summed E-state index contributed by atoms with van der Waals surface area (Å²) in [6, 6.07) is 12.3. The summed E-state index contributed by atoms with van der Waals surface area (Å²) in [7, 11) is 1.54. The van der Waals surface area contributed by atoms with Crippen molar-refractivity contribution in [3.8, 4) is 11.5 Å². The smallest absolute Gasteiger partial charge is 0.270 e. The molecule has 4 rings (SSSR count). The van der Waals surface area contributed by atoms with Crippen molar-refractivity contribution in [2.75, 3.05) is 31.7 Å². The Labute approximate surface area is 201 Å². The Bertz CT molecular complexity index is 1080. The van der Waals surface area contributed by atoms with E-state index < -0.39 is 0 Å². The van der Waals surface area contributed by atoms with Crippen molar-refractivity contribution in [2.24, 2.45) is 0 Å². The maximum absolute atomic E-state index is 12.9. The number of carbonyl (C=O) groups excluding carboxylic acids is 2. The van der Waals surface area contributed by atoms with Gasteiger partial charge in [-0.25, -0.2) is 0 Å². The van der Waals surface area contributed by atoms with Gasteiger partial charge in [-0.15, -0.1) is 0 Å². The van der Waals surface area contributed by atoms with Crippen LogP contribution in [0, 0.1) is 0 Å². The van der Waals surface area contributed by atoms with Gasteiger partial charge < -0.3 is 14.4 Å². The van der Waals surface area contributed by atoms with E-state index in [2.05, 4.69) is 0 Å². The number of thiocarbonyl (C=S) groups is 1. The second kappa shape index (κ2) is 9.94. The van der Waals surface area contributed by atoms with Crippen LogP contribution in [0.5, 0.6) is 11.5 Å². The van der Waals surface area contributed by atoms with E-state index in [1.807, 2.05) is 11.0 Å². The van der Waals surface area contributed by atoms with Gasteiger partial charge in [0.15, 0.2) is 22.4 Å². The number of halogens is 1. The topological polar surface area (TPSA) is 59.1 Å². The van der Waals surface area contributed by atoms with E-state index in [1.54, 1.807) is 42.5 Å². The first-order valence-corrected chi connectivity index (χ1v) is 11.7. The standard InChI is InChI=1S/C23H21ClN2O4S2/c1-29-19-12-15(4-9-18(19)30-14-21(27)25-10-2-3-11-25)13-20-22(28)26(23(31)32-20)17-7-5-16(24)6-8-17/h4-9,12-13H,2-3,10-11,14H2,1H3/b20-13-. The van der Waals surface area contributed by atoms with Crippen LogP contribution in [0.1, 0.15) is 18.4 Å². The molecule has 0 aromatic heterocycles. The fourth-order valence-corrected chi connectivity index (χ4v) is 4.95. The van der Waals surface area contributed by atoms with Gasteiger partial charge in [0.2, 0.25) is 0 Å². The zero-order chi connectivity index (χ0) is 22.7. The van der Waals surface area contributed by atoms with Gasteiger partial charge in [-0.1, -0.05) is 41.6 Å². The van der Waals surface area contributed by atoms with Crippen LogP contribution in [0.15, 0.2) is 47.4 Å². The van der Waals surface area contributed by atoms with Crippen molar-refractivity contribution in [2.45, 2.75) is 12.8 Å². The summed E-state index contributed by atoms with van der Waals surface area (Å²) < 4.78 is 11.6. The number of hydrogen-bond acceptors (Lipinski definition) is 6. The average molecular weight is 489 g/mol. The van der Waals surface area contributed by atoms with Gasteiger partial charge in [0.1, 0.15) is 0 Å². The SMILES string of the molecule is COc1cc(/C=C2\SC(=S)N(c3ccc(Cl)cc3)C2=O)ccc1OCC(=O)N1CCCC1. The molecule has 0 unspecified atom stereocenters. The molecule has 166 valence electrons. The van der Waals surface area contributed by atoms with Crippen molar-refractivity contribution >= 4 is 63.5 Å². The molecular formula is C23H21ClN2O4S2. The number of likely N-dealkylation sites (tertiary alicyclic amines) is 1. The van der Waals surface area contributed by atoms with Crippen LogP contribution in [-0.2, 0) is 9.59 Å². The van der Waals surface area contributed by atoms with Gasteiger partial charge in [-0.05, 0) is 60.9 Å². The van der Waals surface area contributed by atoms with Crippen LogP contribution in [0.2, 0.25) is 5.02 Å². The molecule has 2 heterocycles. The van der Waals surface area contributed by atoms with Crippen LogP contribution in [0.3, 0.4) is 0 Å². The van der Waals surface area contributed by atoms with Crippen LogP contribution in [-0.4, -0.2) is 47.8 Å². The van der Waals surface area contributed by atoms with E-state index in [-0.39, 0.29) is 18.4 Å². The summed E-state index contributed by atoms with van der Waals surface area (Å²) in [6.45, 7) is 1.54. The Kier molecular flexibility index (Phi) is 7.03. The van der Waals surface area contributed by atoms with Crippen LogP contribution in [0.25, 0.3) is 6.08 Å². The molecule has 0 aliphatic carbocycles. The first-order valence-electron chi connectivity index (χ1n) is 10.1. The Morgan fingerprint density at radius 1 is 1.16 bits per heavy atom. The number of thioether (sulfide) groups is 1. The molecule has 2 aliphatic rings. The number of rotatable bonds is 6. The van der Waals surface area contributed by atoms with E-state index in [0.29, 0.717) is 31.4 Å². The van der Waals surface area contributed by atoms with Gasteiger partial charge in [-0.3, -0.25) is 14.5 Å². The predicted octanol–water partition coefficient (Wildman–Crippen LogP) is 4.76. The molecule has 0 spiro atoms. The molecular weight excluding hydrogens is 468 g/mol. The lowest BCUT2D eigenvalue weighted by molar-refractivity contribution is -0.132. The summed E-state index contributed by atoms with van der Waals surface area (Å²) in [5, 5.41) is 0.589. The van der Waals surface area contributed by atoms with Crippen molar-refractivity contribution in [3.63, 3.8) is 0 Å². The second-order valence-electron chi connectivity index (χ2n) is 7.28. The number of benzene rings is 2. The maximum atomic E-state index is 12.9. The normalized spacial score (nSPS) is 17.4. The van der Waals surface area contributed by atoms with Crippen molar-refractivity contribution in [3.05, 3.63) is 58.0 Å². The molecule has 0 bridgehead atoms. The third-order valence-corrected chi connectivity index (χ3v) is 6.73. The molecule has 2 aromatic rings. The highest BCUT2D eigenvalue weighted by Crippen LogP contribution is 2.37. The molecule has 2 aromatic carbocycles. The Balaban J connectivity index is 1.48. The molecule has 2 saturated heterocycles. The lowest BCUT2D eigenvalue weighted by atomic mass is 10.2. The zero-order valence-corrected chi connectivity index (χ0v) is 19.8. The van der Waals surface area contributed by atoms with Crippen molar-refractivity contribution < 1.29 is 19.1 Å². The van der Waals surface area contributed by atoms with E-state index in [0.717, 1.165) is 31.5 Å². The lowest BCUT2D eigenvalue weighted by Gasteiger charge is -2.16. The minimum Gasteiger partial charge on any atom is -0.493 e. The number of methoxy groups -OCH3 is 1. The van der Waals surface area contributed by atoms with E-state index in [1.165, 1.54) is 23.8 Å². The molecule has 2 fully saturated rings. The summed E-state index contributed by atoms with van der Waals surface area (Å²) in [4.78, 5) is 29.0. The summed E-state index contributed by atoms with van der Waals surface area (Å²) in [5.74, 6) is 0.740. The Morgan fingerprint density at radius 3 is 2.56 bits per heavy atom. The first kappa shape index (κ1) is 22.6. The van der Waals surface area contributed by atoms with Crippen LogP contribution < -0.4 is 14.4 Å². The molecule has 32 heavy (non-hydrogen) atoms. The highest BCUT2D eigenvalue weighted by atomic mass is 35.5. The molecule has 0 N–H and O–H groups in total. The van der Waals surface area contributed by atoms with Gasteiger partial charge in [0.05, 0.1) is 17.7 Å². The summed E-state index contributed by atoms with van der Waals surface area (Å²) in [6.07, 6.45) is 3.83. The van der Waals surface area contributed by atoms with Gasteiger partial charge in [-0.2, -0.15) is 0 Å². The predicted molar refractivity (Wildman–Crippen MR) is 131 cm³/mol. The van der Waals surface area contributed by atoms with Gasteiger partial charge in [0, 0.05) is 18.1 Å². The van der Waals surface area contributed by atoms with Gasteiger partial charge >= 0.3 is 0 Å². The summed E-state index contributed by atoms with van der Waals surface area (Å²) in [5.41, 5.74) is 1.43. The van der Waals surface area contributed by atoms with Crippen molar-refractivity contribution in [1.29, 1.82) is 0 Å². The molecule has 6 nitrogen and oxygen atoms in total. The highest BCUT2D eigenvalue weighted by Gasteiger charge is 2.33. The molecule has 9 heteroatoms. The monoisotopic (exact) mass is 488 g/mol. The second-order valence-corrected chi connectivity index (χ2v) is 9.39. The number of hydrogen-bond donors (Lipinski definition) is 0.